The summed E-state index contributed by atoms with van der Waals surface area (Å²) in [6.07, 6.45) is 6.19. The minimum atomic E-state index is -0.374. The molecule has 0 aromatic carbocycles. The van der Waals surface area contributed by atoms with Crippen molar-refractivity contribution in [2.45, 2.75) is 45.2 Å². The smallest absolute Gasteiger partial charge is 0.263 e. The first kappa shape index (κ1) is 20.0. The number of nitrogens with one attached hydrogen (secondary N) is 1. The average Bonchev–Trinajstić information content (AvgIpc) is 3.27. The van der Waals surface area contributed by atoms with Gasteiger partial charge >= 0.3 is 0 Å². The summed E-state index contributed by atoms with van der Waals surface area (Å²) in [5.41, 5.74) is 1.95. The molecule has 2 bridgehead atoms. The third-order valence-electron chi connectivity index (χ3n) is 7.30. The molecule has 0 radical (unpaired) electrons. The molecule has 2 aromatic rings. The molecule has 1 N–H and O–H groups in total. The molecule has 5 heterocycles. The second-order valence-corrected chi connectivity index (χ2v) is 9.65. The number of amides is 1. The van der Waals surface area contributed by atoms with Crippen molar-refractivity contribution >= 4 is 5.91 Å². The SMILES string of the molecule is CC1(C#N)CCN(C(=O)c2ccc3n(c2=O)C[C@H]2C[C@@H]3CN(Cc3cn[nH]c3)C2)CC1. The second kappa shape index (κ2) is 7.65. The summed E-state index contributed by atoms with van der Waals surface area (Å²) >= 11 is 0. The Morgan fingerprint density at radius 2 is 2.10 bits per heavy atom. The van der Waals surface area contributed by atoms with Crippen LogP contribution < -0.4 is 5.56 Å². The van der Waals surface area contributed by atoms with Crippen molar-refractivity contribution in [2.75, 3.05) is 26.2 Å². The van der Waals surface area contributed by atoms with E-state index in [0.29, 0.717) is 44.3 Å². The van der Waals surface area contributed by atoms with Gasteiger partial charge < -0.3 is 9.47 Å². The molecule has 3 aliphatic heterocycles. The Labute approximate surface area is 181 Å². The van der Waals surface area contributed by atoms with Gasteiger partial charge in [-0.1, -0.05) is 0 Å². The van der Waals surface area contributed by atoms with Gasteiger partial charge in [-0.2, -0.15) is 10.4 Å². The quantitative estimate of drug-likeness (QED) is 0.819. The molecule has 8 nitrogen and oxygen atoms in total. The molecule has 3 aliphatic rings. The first-order valence-electron chi connectivity index (χ1n) is 11.1. The van der Waals surface area contributed by atoms with E-state index in [1.807, 2.05) is 30.0 Å². The van der Waals surface area contributed by atoms with E-state index in [1.54, 1.807) is 11.0 Å². The molecule has 0 spiro atoms. The van der Waals surface area contributed by atoms with E-state index in [0.717, 1.165) is 31.7 Å². The van der Waals surface area contributed by atoms with Gasteiger partial charge in [0.1, 0.15) is 5.56 Å². The summed E-state index contributed by atoms with van der Waals surface area (Å²) in [5, 5.41) is 16.2. The topological polar surface area (TPSA) is 98.0 Å². The van der Waals surface area contributed by atoms with Crippen LogP contribution in [0.1, 0.15) is 53.7 Å². The van der Waals surface area contributed by atoms with E-state index in [-0.39, 0.29) is 22.4 Å². The van der Waals surface area contributed by atoms with E-state index in [2.05, 4.69) is 21.2 Å². The molecule has 31 heavy (non-hydrogen) atoms. The lowest BCUT2D eigenvalue weighted by molar-refractivity contribution is 0.0657. The van der Waals surface area contributed by atoms with E-state index < -0.39 is 0 Å². The van der Waals surface area contributed by atoms with Gasteiger partial charge in [0.15, 0.2) is 0 Å². The van der Waals surface area contributed by atoms with Gasteiger partial charge in [-0.3, -0.25) is 19.6 Å². The minimum absolute atomic E-state index is 0.158. The van der Waals surface area contributed by atoms with Crippen LogP contribution in [-0.2, 0) is 13.1 Å². The van der Waals surface area contributed by atoms with Crippen LogP contribution in [0.25, 0.3) is 0 Å². The molecule has 0 unspecified atom stereocenters. The van der Waals surface area contributed by atoms with Gasteiger partial charge in [0.05, 0.1) is 17.7 Å². The summed E-state index contributed by atoms with van der Waals surface area (Å²) in [6.45, 7) is 6.38. The Bertz CT molecular complexity index is 1070. The molecule has 1 amide bonds. The number of carbonyl (C=O) groups excluding carboxylic acids is 1. The number of rotatable bonds is 3. The standard InChI is InChI=1S/C23H28N6O2/c1-23(15-24)4-6-28(7-5-23)21(30)19-2-3-20-18-8-16(13-29(20)22(19)31)11-27(14-18)12-17-9-25-26-10-17/h2-3,9-10,16,18H,4-8,11-14H2,1H3,(H,25,26)/t16-,18+/m0/s1. The lowest BCUT2D eigenvalue weighted by atomic mass is 9.81. The van der Waals surface area contributed by atoms with Crippen molar-refractivity contribution in [1.29, 1.82) is 5.26 Å². The Morgan fingerprint density at radius 3 is 2.81 bits per heavy atom. The number of hydrogen-bond acceptors (Lipinski definition) is 5. The number of hydrogen-bond donors (Lipinski definition) is 1. The van der Waals surface area contributed by atoms with E-state index in [4.69, 9.17) is 0 Å². The van der Waals surface area contributed by atoms with Crippen LogP contribution in [0.3, 0.4) is 0 Å². The number of pyridine rings is 1. The highest BCUT2D eigenvalue weighted by molar-refractivity contribution is 5.94. The molecule has 0 saturated carbocycles. The van der Waals surface area contributed by atoms with Crippen molar-refractivity contribution in [3.63, 3.8) is 0 Å². The maximum atomic E-state index is 13.3. The lowest BCUT2D eigenvalue weighted by Crippen LogP contribution is -2.48. The number of piperidine rings is 2. The first-order chi connectivity index (χ1) is 15.0. The van der Waals surface area contributed by atoms with Crippen LogP contribution in [0.4, 0.5) is 0 Å². The van der Waals surface area contributed by atoms with Crippen LogP contribution in [-0.4, -0.2) is 56.7 Å². The Balaban J connectivity index is 1.35. The number of H-pyrrole nitrogens is 1. The van der Waals surface area contributed by atoms with Gasteiger partial charge in [-0.25, -0.2) is 0 Å². The summed E-state index contributed by atoms with van der Waals surface area (Å²) in [6, 6.07) is 6.07. The minimum Gasteiger partial charge on any atom is -0.338 e. The molecule has 0 aliphatic carbocycles. The summed E-state index contributed by atoms with van der Waals surface area (Å²) in [4.78, 5) is 30.6. The molecule has 2 aromatic heterocycles. The molecule has 2 atom stereocenters. The number of nitrogens with zero attached hydrogens (tertiary/aromatic N) is 5. The van der Waals surface area contributed by atoms with Crippen LogP contribution >= 0.6 is 0 Å². The predicted molar refractivity (Wildman–Crippen MR) is 114 cm³/mol. The molecule has 5 rings (SSSR count). The Hall–Kier alpha value is -2.92. The van der Waals surface area contributed by atoms with Crippen molar-refractivity contribution in [2.24, 2.45) is 11.3 Å². The van der Waals surface area contributed by atoms with Crippen LogP contribution in [0.5, 0.6) is 0 Å². The molecule has 2 fully saturated rings. The molecular formula is C23H28N6O2. The summed E-state index contributed by atoms with van der Waals surface area (Å²) in [5.74, 6) is 0.521. The van der Waals surface area contributed by atoms with Crippen molar-refractivity contribution in [1.82, 2.24) is 24.6 Å². The van der Waals surface area contributed by atoms with Gasteiger partial charge in [-0.15, -0.1) is 0 Å². The molecule has 8 heteroatoms. The number of likely N-dealkylation sites (tertiary alicyclic amines) is 2. The molecule has 162 valence electrons. The second-order valence-electron chi connectivity index (χ2n) is 9.65. The van der Waals surface area contributed by atoms with Crippen LogP contribution in [0.2, 0.25) is 0 Å². The monoisotopic (exact) mass is 420 g/mol. The normalized spacial score (nSPS) is 25.0. The van der Waals surface area contributed by atoms with Crippen LogP contribution in [0, 0.1) is 22.7 Å². The van der Waals surface area contributed by atoms with E-state index >= 15 is 0 Å². The third kappa shape index (κ3) is 3.68. The molecule has 2 saturated heterocycles. The summed E-state index contributed by atoms with van der Waals surface area (Å²) < 4.78 is 1.85. The maximum Gasteiger partial charge on any atom is 0.263 e. The van der Waals surface area contributed by atoms with Crippen molar-refractivity contribution in [3.05, 3.63) is 51.7 Å². The highest BCUT2D eigenvalue weighted by Gasteiger charge is 2.37. The van der Waals surface area contributed by atoms with Crippen molar-refractivity contribution < 1.29 is 4.79 Å². The van der Waals surface area contributed by atoms with Gasteiger partial charge in [0.25, 0.3) is 11.5 Å². The number of carbonyl (C=O) groups is 1. The van der Waals surface area contributed by atoms with Gasteiger partial charge in [-0.05, 0) is 44.2 Å². The fourth-order valence-electron chi connectivity index (χ4n) is 5.44. The maximum absolute atomic E-state index is 13.3. The van der Waals surface area contributed by atoms with Crippen molar-refractivity contribution in [3.8, 4) is 6.07 Å². The average molecular weight is 421 g/mol. The third-order valence-corrected chi connectivity index (χ3v) is 7.30. The Morgan fingerprint density at radius 1 is 1.29 bits per heavy atom. The summed E-state index contributed by atoms with van der Waals surface area (Å²) in [7, 11) is 0. The zero-order valence-corrected chi connectivity index (χ0v) is 17.9. The van der Waals surface area contributed by atoms with E-state index in [9.17, 15) is 14.9 Å². The van der Waals surface area contributed by atoms with Gasteiger partial charge in [0, 0.05) is 62.6 Å². The zero-order chi connectivity index (χ0) is 21.6. The molecular weight excluding hydrogens is 392 g/mol. The largest absolute Gasteiger partial charge is 0.338 e. The number of aromatic amines is 1. The zero-order valence-electron chi connectivity index (χ0n) is 17.9. The number of fused-ring (bicyclic) bond motifs is 4. The van der Waals surface area contributed by atoms with E-state index in [1.165, 1.54) is 5.56 Å². The predicted octanol–water partition coefficient (Wildman–Crippen LogP) is 1.96. The fourth-order valence-corrected chi connectivity index (χ4v) is 5.44. The van der Waals surface area contributed by atoms with Gasteiger partial charge in [0.2, 0.25) is 0 Å². The lowest BCUT2D eigenvalue weighted by Gasteiger charge is -2.43. The fraction of sp³-hybridized carbons (Fsp3) is 0.565. The van der Waals surface area contributed by atoms with Crippen LogP contribution in [0.15, 0.2) is 29.3 Å². The first-order valence-corrected chi connectivity index (χ1v) is 11.1. The highest BCUT2D eigenvalue weighted by atomic mass is 16.2. The Kier molecular flexibility index (Phi) is 4.94. The number of aromatic nitrogens is 3. The highest BCUT2D eigenvalue weighted by Crippen LogP contribution is 2.36. The number of nitriles is 1.